The second kappa shape index (κ2) is 8.77. The topological polar surface area (TPSA) is 90.4 Å². The highest BCUT2D eigenvalue weighted by atomic mass is 16.6. The SMILES string of the molecule is O=C(OC[C@@H](OCn1ccc(=O)[nH]c1=O)c1ccccc1)c1ccccc1. The largest absolute Gasteiger partial charge is 0.459 e. The lowest BCUT2D eigenvalue weighted by Gasteiger charge is -2.19. The molecule has 0 amide bonds. The van der Waals surface area contributed by atoms with Gasteiger partial charge in [-0.1, -0.05) is 48.5 Å². The van der Waals surface area contributed by atoms with Gasteiger partial charge in [-0.05, 0) is 17.7 Å². The molecular formula is C20H18N2O5. The van der Waals surface area contributed by atoms with Crippen LogP contribution < -0.4 is 11.2 Å². The number of aromatic nitrogens is 2. The molecule has 0 aliphatic carbocycles. The summed E-state index contributed by atoms with van der Waals surface area (Å²) in [6.45, 7) is -0.117. The fourth-order valence-corrected chi connectivity index (χ4v) is 2.43. The van der Waals surface area contributed by atoms with Crippen molar-refractivity contribution < 1.29 is 14.3 Å². The fourth-order valence-electron chi connectivity index (χ4n) is 2.43. The number of aromatic amines is 1. The molecule has 0 bridgehead atoms. The molecule has 138 valence electrons. The molecule has 7 heteroatoms. The van der Waals surface area contributed by atoms with Crippen molar-refractivity contribution >= 4 is 5.97 Å². The molecule has 0 unspecified atom stereocenters. The Morgan fingerprint density at radius 3 is 2.30 bits per heavy atom. The molecule has 2 aromatic carbocycles. The first-order valence-electron chi connectivity index (χ1n) is 8.32. The molecule has 0 radical (unpaired) electrons. The van der Waals surface area contributed by atoms with E-state index in [1.807, 2.05) is 36.4 Å². The number of nitrogens with one attached hydrogen (secondary N) is 1. The minimum Gasteiger partial charge on any atom is -0.459 e. The lowest BCUT2D eigenvalue weighted by Crippen LogP contribution is -2.30. The monoisotopic (exact) mass is 366 g/mol. The van der Waals surface area contributed by atoms with Gasteiger partial charge in [-0.3, -0.25) is 14.3 Å². The predicted molar refractivity (Wildman–Crippen MR) is 98.3 cm³/mol. The van der Waals surface area contributed by atoms with Crippen molar-refractivity contribution in [1.82, 2.24) is 9.55 Å². The number of benzene rings is 2. The fraction of sp³-hybridized carbons (Fsp3) is 0.150. The van der Waals surface area contributed by atoms with Gasteiger partial charge in [0.15, 0.2) is 0 Å². The number of H-pyrrole nitrogens is 1. The number of rotatable bonds is 7. The smallest absolute Gasteiger partial charge is 0.338 e. The van der Waals surface area contributed by atoms with Gasteiger partial charge < -0.3 is 9.47 Å². The molecule has 0 saturated carbocycles. The number of carbonyl (C=O) groups is 1. The molecule has 3 rings (SSSR count). The molecule has 27 heavy (non-hydrogen) atoms. The van der Waals surface area contributed by atoms with Crippen LogP contribution in [0.4, 0.5) is 0 Å². The van der Waals surface area contributed by atoms with E-state index in [1.165, 1.54) is 16.8 Å². The van der Waals surface area contributed by atoms with Crippen LogP contribution in [0, 0.1) is 0 Å². The quantitative estimate of drug-likeness (QED) is 0.647. The Kier molecular flexibility index (Phi) is 5.96. The Bertz CT molecular complexity index is 996. The summed E-state index contributed by atoms with van der Waals surface area (Å²) >= 11 is 0. The van der Waals surface area contributed by atoms with Crippen LogP contribution in [0.15, 0.2) is 82.5 Å². The van der Waals surface area contributed by atoms with Crippen LogP contribution in [-0.2, 0) is 16.2 Å². The van der Waals surface area contributed by atoms with Gasteiger partial charge in [0.05, 0.1) is 5.56 Å². The van der Waals surface area contributed by atoms with Crippen molar-refractivity contribution in [3.8, 4) is 0 Å². The van der Waals surface area contributed by atoms with E-state index in [-0.39, 0.29) is 13.3 Å². The highest BCUT2D eigenvalue weighted by molar-refractivity contribution is 5.89. The first-order valence-corrected chi connectivity index (χ1v) is 8.32. The van der Waals surface area contributed by atoms with E-state index in [1.54, 1.807) is 24.3 Å². The summed E-state index contributed by atoms with van der Waals surface area (Å²) in [6, 6.07) is 19.1. The maximum Gasteiger partial charge on any atom is 0.338 e. The van der Waals surface area contributed by atoms with E-state index >= 15 is 0 Å². The molecule has 7 nitrogen and oxygen atoms in total. The van der Waals surface area contributed by atoms with E-state index in [0.717, 1.165) is 5.56 Å². The van der Waals surface area contributed by atoms with Gasteiger partial charge in [0.1, 0.15) is 19.4 Å². The molecule has 0 spiro atoms. The van der Waals surface area contributed by atoms with E-state index in [0.29, 0.717) is 5.56 Å². The average Bonchev–Trinajstić information content (AvgIpc) is 2.70. The van der Waals surface area contributed by atoms with Crippen LogP contribution in [0.2, 0.25) is 0 Å². The zero-order valence-corrected chi connectivity index (χ0v) is 14.4. The summed E-state index contributed by atoms with van der Waals surface area (Å²) < 4.78 is 12.4. The van der Waals surface area contributed by atoms with Gasteiger partial charge >= 0.3 is 11.7 Å². The number of esters is 1. The Morgan fingerprint density at radius 1 is 0.963 bits per heavy atom. The second-order valence-electron chi connectivity index (χ2n) is 5.74. The summed E-state index contributed by atoms with van der Waals surface area (Å²) in [5.74, 6) is -0.457. The van der Waals surface area contributed by atoms with Crippen molar-refractivity contribution in [1.29, 1.82) is 0 Å². The number of nitrogens with zero attached hydrogens (tertiary/aromatic N) is 1. The van der Waals surface area contributed by atoms with E-state index in [9.17, 15) is 14.4 Å². The third-order valence-electron chi connectivity index (χ3n) is 3.86. The molecular weight excluding hydrogens is 348 g/mol. The normalized spacial score (nSPS) is 11.7. The number of carbonyl (C=O) groups excluding carboxylic acids is 1. The lowest BCUT2D eigenvalue weighted by molar-refractivity contribution is -0.0377. The summed E-state index contributed by atoms with van der Waals surface area (Å²) in [6.07, 6.45) is 0.775. The Labute approximate surface area is 154 Å². The molecule has 0 saturated heterocycles. The molecule has 1 heterocycles. The maximum atomic E-state index is 12.2. The first-order chi connectivity index (χ1) is 13.1. The number of hydrogen-bond acceptors (Lipinski definition) is 5. The molecule has 1 atom stereocenters. The van der Waals surface area contributed by atoms with Crippen LogP contribution in [-0.4, -0.2) is 22.1 Å². The van der Waals surface area contributed by atoms with Gasteiger partial charge in [-0.15, -0.1) is 0 Å². The van der Waals surface area contributed by atoms with Crippen LogP contribution in [0.5, 0.6) is 0 Å². The van der Waals surface area contributed by atoms with Gasteiger partial charge in [-0.2, -0.15) is 0 Å². The van der Waals surface area contributed by atoms with Crippen molar-refractivity contribution in [2.75, 3.05) is 6.61 Å². The zero-order valence-electron chi connectivity index (χ0n) is 14.4. The van der Waals surface area contributed by atoms with E-state index in [4.69, 9.17) is 9.47 Å². The summed E-state index contributed by atoms with van der Waals surface area (Å²) in [4.78, 5) is 37.3. The van der Waals surface area contributed by atoms with Gasteiger partial charge in [0.2, 0.25) is 0 Å². The standard InChI is InChI=1S/C20H18N2O5/c23-18-11-12-22(20(25)21-18)14-27-17(15-7-3-1-4-8-15)13-26-19(24)16-9-5-2-6-10-16/h1-12,17H,13-14H2,(H,21,23,25)/t17-/m1/s1. The third kappa shape index (κ3) is 5.02. The Balaban J connectivity index is 1.70. The summed E-state index contributed by atoms with van der Waals surface area (Å²) in [5.41, 5.74) is 0.195. The minimum atomic E-state index is -0.574. The van der Waals surface area contributed by atoms with Gasteiger partial charge in [0.25, 0.3) is 5.56 Å². The maximum absolute atomic E-state index is 12.2. The number of hydrogen-bond donors (Lipinski definition) is 1. The number of ether oxygens (including phenoxy) is 2. The molecule has 3 aromatic rings. The van der Waals surface area contributed by atoms with E-state index < -0.39 is 23.3 Å². The van der Waals surface area contributed by atoms with Crippen molar-refractivity contribution in [2.24, 2.45) is 0 Å². The van der Waals surface area contributed by atoms with Crippen LogP contribution >= 0.6 is 0 Å². The molecule has 0 fully saturated rings. The first kappa shape index (κ1) is 18.3. The zero-order chi connectivity index (χ0) is 19.1. The molecule has 0 aliphatic heterocycles. The van der Waals surface area contributed by atoms with Crippen molar-refractivity contribution in [2.45, 2.75) is 12.8 Å². The summed E-state index contributed by atoms with van der Waals surface area (Å²) in [7, 11) is 0. The highest BCUT2D eigenvalue weighted by Gasteiger charge is 2.16. The van der Waals surface area contributed by atoms with Crippen LogP contribution in [0.1, 0.15) is 22.0 Å². The minimum absolute atomic E-state index is 0.0180. The molecule has 0 aliphatic rings. The summed E-state index contributed by atoms with van der Waals surface area (Å²) in [5, 5.41) is 0. The van der Waals surface area contributed by atoms with Crippen molar-refractivity contribution in [3.63, 3.8) is 0 Å². The third-order valence-corrected chi connectivity index (χ3v) is 3.86. The Hall–Kier alpha value is -3.45. The van der Waals surface area contributed by atoms with Gasteiger partial charge in [-0.25, -0.2) is 9.59 Å². The van der Waals surface area contributed by atoms with Crippen molar-refractivity contribution in [3.05, 3.63) is 105 Å². The van der Waals surface area contributed by atoms with E-state index in [2.05, 4.69) is 4.98 Å². The molecule has 1 N–H and O–H groups in total. The Morgan fingerprint density at radius 2 is 1.63 bits per heavy atom. The predicted octanol–water partition coefficient (Wildman–Crippen LogP) is 2.11. The second-order valence-corrected chi connectivity index (χ2v) is 5.74. The van der Waals surface area contributed by atoms with Crippen LogP contribution in [0.3, 0.4) is 0 Å². The van der Waals surface area contributed by atoms with Gasteiger partial charge in [0, 0.05) is 12.3 Å². The lowest BCUT2D eigenvalue weighted by atomic mass is 10.1. The molecule has 1 aromatic heterocycles. The average molecular weight is 366 g/mol. The highest BCUT2D eigenvalue weighted by Crippen LogP contribution is 2.18. The van der Waals surface area contributed by atoms with Crippen LogP contribution in [0.25, 0.3) is 0 Å².